The summed E-state index contributed by atoms with van der Waals surface area (Å²) in [5.41, 5.74) is 0.271. The highest BCUT2D eigenvalue weighted by molar-refractivity contribution is 5.79. The third-order valence-electron chi connectivity index (χ3n) is 4.78. The molecular weight excluding hydrogens is 286 g/mol. The van der Waals surface area contributed by atoms with Crippen molar-refractivity contribution in [2.24, 2.45) is 0 Å². The largest absolute Gasteiger partial charge is 0.341 e. The summed E-state index contributed by atoms with van der Waals surface area (Å²) in [5.74, 6) is -1.31. The van der Waals surface area contributed by atoms with Crippen molar-refractivity contribution in [3.05, 3.63) is 35.4 Å². The van der Waals surface area contributed by atoms with E-state index in [9.17, 15) is 13.6 Å². The van der Waals surface area contributed by atoms with Gasteiger partial charge in [-0.15, -0.1) is 0 Å². The van der Waals surface area contributed by atoms with Crippen molar-refractivity contribution in [1.82, 2.24) is 9.80 Å². The molecule has 0 saturated carbocycles. The number of hydrogen-bond acceptors (Lipinski definition) is 2. The average Bonchev–Trinajstić information content (AvgIpc) is 3.01. The Morgan fingerprint density at radius 3 is 2.64 bits per heavy atom. The molecule has 0 aliphatic carbocycles. The van der Waals surface area contributed by atoms with Crippen molar-refractivity contribution in [2.45, 2.75) is 38.1 Å². The average molecular weight is 308 g/mol. The van der Waals surface area contributed by atoms with Gasteiger partial charge in [0.15, 0.2) is 0 Å². The van der Waals surface area contributed by atoms with Crippen LogP contribution in [-0.2, 0) is 11.2 Å². The molecule has 0 aromatic heterocycles. The number of benzene rings is 1. The quantitative estimate of drug-likeness (QED) is 0.857. The van der Waals surface area contributed by atoms with Crippen molar-refractivity contribution in [3.63, 3.8) is 0 Å². The van der Waals surface area contributed by atoms with E-state index in [2.05, 4.69) is 4.90 Å². The van der Waals surface area contributed by atoms with Gasteiger partial charge in [-0.1, -0.05) is 12.5 Å². The molecule has 2 fully saturated rings. The van der Waals surface area contributed by atoms with Crippen LogP contribution in [0.2, 0.25) is 0 Å². The van der Waals surface area contributed by atoms with Crippen molar-refractivity contribution in [1.29, 1.82) is 0 Å². The molecule has 120 valence electrons. The molecule has 0 radical (unpaired) electrons. The molecule has 3 nitrogen and oxygen atoms in total. The van der Waals surface area contributed by atoms with Gasteiger partial charge in [-0.2, -0.15) is 0 Å². The second-order valence-corrected chi connectivity index (χ2v) is 6.29. The maximum atomic E-state index is 13.6. The van der Waals surface area contributed by atoms with Gasteiger partial charge in [0.1, 0.15) is 11.6 Å². The summed E-state index contributed by atoms with van der Waals surface area (Å²) in [6.07, 6.45) is 4.79. The Morgan fingerprint density at radius 2 is 1.91 bits per heavy atom. The lowest BCUT2D eigenvalue weighted by Gasteiger charge is -2.32. The minimum Gasteiger partial charge on any atom is -0.341 e. The van der Waals surface area contributed by atoms with Crippen molar-refractivity contribution < 1.29 is 13.6 Å². The zero-order chi connectivity index (χ0) is 15.5. The first-order valence-corrected chi connectivity index (χ1v) is 8.09. The van der Waals surface area contributed by atoms with Crippen LogP contribution in [-0.4, -0.2) is 47.9 Å². The Kier molecular flexibility index (Phi) is 4.71. The standard InChI is InChI=1S/C17H22F2N2O/c18-14-5-4-13(16(19)11-14)10-17(22)21-9-6-15(12-21)20-7-2-1-3-8-20/h4-5,11,15H,1-3,6-10,12H2/t15-/m0/s1. The highest BCUT2D eigenvalue weighted by atomic mass is 19.1. The van der Waals surface area contributed by atoms with Crippen LogP contribution in [0, 0.1) is 11.6 Å². The summed E-state index contributed by atoms with van der Waals surface area (Å²) in [6, 6.07) is 3.85. The summed E-state index contributed by atoms with van der Waals surface area (Å²) in [6.45, 7) is 3.73. The number of hydrogen-bond donors (Lipinski definition) is 0. The predicted octanol–water partition coefficient (Wildman–Crippen LogP) is 2.59. The van der Waals surface area contributed by atoms with Gasteiger partial charge in [-0.3, -0.25) is 9.69 Å². The normalized spacial score (nSPS) is 23.0. The maximum absolute atomic E-state index is 13.6. The number of amides is 1. The van der Waals surface area contributed by atoms with E-state index in [0.29, 0.717) is 6.04 Å². The first-order valence-electron chi connectivity index (χ1n) is 8.09. The Bertz CT molecular complexity index is 543. The molecule has 1 amide bonds. The van der Waals surface area contributed by atoms with Crippen LogP contribution in [0.5, 0.6) is 0 Å². The number of nitrogens with zero attached hydrogens (tertiary/aromatic N) is 2. The smallest absolute Gasteiger partial charge is 0.227 e. The molecule has 0 bridgehead atoms. The molecule has 1 aromatic carbocycles. The van der Waals surface area contributed by atoms with E-state index in [0.717, 1.165) is 38.7 Å². The van der Waals surface area contributed by atoms with E-state index in [-0.39, 0.29) is 17.9 Å². The number of halogens is 2. The van der Waals surface area contributed by atoms with Crippen LogP contribution in [0.4, 0.5) is 8.78 Å². The van der Waals surface area contributed by atoms with Gasteiger partial charge < -0.3 is 4.90 Å². The highest BCUT2D eigenvalue weighted by Gasteiger charge is 2.31. The molecule has 2 aliphatic rings. The molecule has 1 atom stereocenters. The van der Waals surface area contributed by atoms with E-state index < -0.39 is 11.6 Å². The Labute approximate surface area is 129 Å². The SMILES string of the molecule is O=C(Cc1ccc(F)cc1F)N1CC[C@H](N2CCCCC2)C1. The maximum Gasteiger partial charge on any atom is 0.227 e. The molecule has 0 unspecified atom stereocenters. The summed E-state index contributed by atoms with van der Waals surface area (Å²) in [5, 5.41) is 0. The molecule has 2 aliphatic heterocycles. The second-order valence-electron chi connectivity index (χ2n) is 6.29. The zero-order valence-corrected chi connectivity index (χ0v) is 12.7. The summed E-state index contributed by atoms with van der Waals surface area (Å²) < 4.78 is 26.5. The lowest BCUT2D eigenvalue weighted by Crippen LogP contribution is -2.41. The molecular formula is C17H22F2N2O. The minimum absolute atomic E-state index is 0.0127. The van der Waals surface area contributed by atoms with Gasteiger partial charge in [0.2, 0.25) is 5.91 Å². The van der Waals surface area contributed by atoms with E-state index >= 15 is 0 Å². The van der Waals surface area contributed by atoms with E-state index in [1.165, 1.54) is 31.4 Å². The molecule has 22 heavy (non-hydrogen) atoms. The van der Waals surface area contributed by atoms with Gasteiger partial charge >= 0.3 is 0 Å². The van der Waals surface area contributed by atoms with Gasteiger partial charge in [0.25, 0.3) is 0 Å². The van der Waals surface area contributed by atoms with E-state index in [1.807, 2.05) is 4.90 Å². The molecule has 5 heteroatoms. The molecule has 0 N–H and O–H groups in total. The van der Waals surface area contributed by atoms with Gasteiger partial charge in [-0.25, -0.2) is 8.78 Å². The van der Waals surface area contributed by atoms with Crippen molar-refractivity contribution >= 4 is 5.91 Å². The molecule has 1 aromatic rings. The van der Waals surface area contributed by atoms with Crippen LogP contribution >= 0.6 is 0 Å². The molecule has 3 rings (SSSR count). The van der Waals surface area contributed by atoms with Gasteiger partial charge in [0, 0.05) is 25.2 Å². The summed E-state index contributed by atoms with van der Waals surface area (Å²) in [7, 11) is 0. The second kappa shape index (κ2) is 6.73. The van der Waals surface area contributed by atoms with Crippen LogP contribution in [0.3, 0.4) is 0 Å². The van der Waals surface area contributed by atoms with Gasteiger partial charge in [0.05, 0.1) is 6.42 Å². The molecule has 2 saturated heterocycles. The monoisotopic (exact) mass is 308 g/mol. The van der Waals surface area contributed by atoms with Crippen LogP contribution in [0.15, 0.2) is 18.2 Å². The number of carbonyl (C=O) groups is 1. The van der Waals surface area contributed by atoms with E-state index in [4.69, 9.17) is 0 Å². The third kappa shape index (κ3) is 3.46. The first-order chi connectivity index (χ1) is 10.6. The first kappa shape index (κ1) is 15.4. The third-order valence-corrected chi connectivity index (χ3v) is 4.78. The zero-order valence-electron chi connectivity index (χ0n) is 12.7. The Hall–Kier alpha value is -1.49. The summed E-state index contributed by atoms with van der Waals surface area (Å²) >= 11 is 0. The fourth-order valence-electron chi connectivity index (χ4n) is 3.49. The number of piperidine rings is 1. The van der Waals surface area contributed by atoms with E-state index in [1.54, 1.807) is 0 Å². The van der Waals surface area contributed by atoms with Crippen LogP contribution in [0.25, 0.3) is 0 Å². The fraction of sp³-hybridized carbons (Fsp3) is 0.588. The van der Waals surface area contributed by atoms with Crippen molar-refractivity contribution in [3.8, 4) is 0 Å². The lowest BCUT2D eigenvalue weighted by molar-refractivity contribution is -0.129. The van der Waals surface area contributed by atoms with Gasteiger partial charge in [-0.05, 0) is 44.0 Å². The number of rotatable bonds is 3. The molecule has 0 spiro atoms. The number of likely N-dealkylation sites (tertiary alicyclic amines) is 2. The van der Waals surface area contributed by atoms with Crippen LogP contribution < -0.4 is 0 Å². The molecule has 2 heterocycles. The fourth-order valence-corrected chi connectivity index (χ4v) is 3.49. The predicted molar refractivity (Wildman–Crippen MR) is 80.5 cm³/mol. The Morgan fingerprint density at radius 1 is 1.14 bits per heavy atom. The lowest BCUT2D eigenvalue weighted by atomic mass is 10.1. The Balaban J connectivity index is 1.57. The minimum atomic E-state index is -0.639. The highest BCUT2D eigenvalue weighted by Crippen LogP contribution is 2.21. The number of carbonyl (C=O) groups excluding carboxylic acids is 1. The summed E-state index contributed by atoms with van der Waals surface area (Å²) in [4.78, 5) is 16.6. The topological polar surface area (TPSA) is 23.6 Å². The van der Waals surface area contributed by atoms with Crippen molar-refractivity contribution in [2.75, 3.05) is 26.2 Å². The van der Waals surface area contributed by atoms with Crippen LogP contribution in [0.1, 0.15) is 31.2 Å².